The number of fused-ring (bicyclic) bond motifs is 1. The summed E-state index contributed by atoms with van der Waals surface area (Å²) in [6.07, 6.45) is 2.71. The fourth-order valence-electron chi connectivity index (χ4n) is 4.31. The number of imide groups is 2. The van der Waals surface area contributed by atoms with E-state index in [9.17, 15) is 27.6 Å². The van der Waals surface area contributed by atoms with Crippen molar-refractivity contribution in [1.29, 1.82) is 0 Å². The van der Waals surface area contributed by atoms with Crippen LogP contribution in [0.5, 0.6) is 0 Å². The molecule has 4 amide bonds. The van der Waals surface area contributed by atoms with Crippen molar-refractivity contribution in [3.8, 4) is 0 Å². The van der Waals surface area contributed by atoms with E-state index in [1.54, 1.807) is 13.8 Å². The lowest BCUT2D eigenvalue weighted by Gasteiger charge is -2.19. The quantitative estimate of drug-likeness (QED) is 0.661. The summed E-state index contributed by atoms with van der Waals surface area (Å²) >= 11 is 0. The van der Waals surface area contributed by atoms with Crippen LogP contribution in [0.2, 0.25) is 0 Å². The first-order chi connectivity index (χ1) is 14.1. The Kier molecular flexibility index (Phi) is 5.01. The van der Waals surface area contributed by atoms with E-state index in [-0.39, 0.29) is 22.4 Å². The van der Waals surface area contributed by atoms with Crippen LogP contribution in [0.15, 0.2) is 29.2 Å². The minimum absolute atomic E-state index is 0.250. The van der Waals surface area contributed by atoms with Gasteiger partial charge >= 0.3 is 10.1 Å². The fraction of sp³-hybridized carbons (Fsp3) is 0.500. The van der Waals surface area contributed by atoms with Gasteiger partial charge in [-0.05, 0) is 37.1 Å². The van der Waals surface area contributed by atoms with E-state index in [4.69, 9.17) is 4.28 Å². The van der Waals surface area contributed by atoms with Crippen molar-refractivity contribution < 1.29 is 31.9 Å². The van der Waals surface area contributed by atoms with E-state index < -0.39 is 45.6 Å². The number of benzene rings is 1. The number of carbonyl (C=O) groups excluding carboxylic acids is 4. The first-order valence-electron chi connectivity index (χ1n) is 9.94. The second kappa shape index (κ2) is 7.28. The molecule has 2 heterocycles. The van der Waals surface area contributed by atoms with Crippen molar-refractivity contribution in [2.45, 2.75) is 44.4 Å². The molecule has 1 aliphatic carbocycles. The third-order valence-corrected chi connectivity index (χ3v) is 7.52. The highest BCUT2D eigenvalue weighted by atomic mass is 32.2. The molecule has 3 fully saturated rings. The van der Waals surface area contributed by atoms with Gasteiger partial charge in [-0.1, -0.05) is 26.7 Å². The molecule has 2 saturated heterocycles. The number of carbonyl (C=O) groups is 4. The standard InChI is InChI=1S/C20H22N2O7S/c1-11-12(2)18(24)21(17(11)23)13-7-9-14(10-8-13)30(27,28)29-22-19(25)15-5-3-4-6-16(15)20(22)26/h7-12,15-16H,3-6H2,1-2H3. The molecule has 160 valence electrons. The summed E-state index contributed by atoms with van der Waals surface area (Å²) in [5.41, 5.74) is 0.250. The summed E-state index contributed by atoms with van der Waals surface area (Å²) in [4.78, 5) is 50.3. The maximum absolute atomic E-state index is 12.6. The van der Waals surface area contributed by atoms with Crippen LogP contribution >= 0.6 is 0 Å². The first-order valence-corrected chi connectivity index (χ1v) is 11.3. The Bertz CT molecular complexity index is 990. The van der Waals surface area contributed by atoms with Crippen molar-refractivity contribution in [1.82, 2.24) is 5.06 Å². The molecule has 0 aromatic heterocycles. The average Bonchev–Trinajstić information content (AvgIpc) is 3.08. The number of hydroxylamine groups is 2. The van der Waals surface area contributed by atoms with Crippen molar-refractivity contribution in [2.75, 3.05) is 4.90 Å². The van der Waals surface area contributed by atoms with Gasteiger partial charge in [0.25, 0.3) is 11.8 Å². The van der Waals surface area contributed by atoms with Crippen molar-refractivity contribution >= 4 is 39.4 Å². The molecule has 3 aliphatic rings. The Balaban J connectivity index is 1.54. The summed E-state index contributed by atoms with van der Waals surface area (Å²) in [5.74, 6) is -3.92. The lowest BCUT2D eigenvalue weighted by atomic mass is 9.81. The smallest absolute Gasteiger partial charge is 0.274 e. The predicted octanol–water partition coefficient (Wildman–Crippen LogP) is 1.63. The second-order valence-corrected chi connectivity index (χ2v) is 9.61. The van der Waals surface area contributed by atoms with Gasteiger partial charge in [0, 0.05) is 11.8 Å². The molecular formula is C20H22N2O7S. The first kappa shape index (κ1) is 20.7. The van der Waals surface area contributed by atoms with Crippen molar-refractivity contribution in [3.05, 3.63) is 24.3 Å². The van der Waals surface area contributed by atoms with Crippen LogP contribution in [0.4, 0.5) is 5.69 Å². The van der Waals surface area contributed by atoms with E-state index in [1.165, 1.54) is 24.3 Å². The summed E-state index contributed by atoms with van der Waals surface area (Å²) in [6.45, 7) is 3.33. The molecule has 1 aromatic carbocycles. The normalized spacial score (nSPS) is 29.7. The van der Waals surface area contributed by atoms with Gasteiger partial charge in [0.1, 0.15) is 0 Å². The SMILES string of the molecule is CC1C(=O)N(c2ccc(S(=O)(=O)ON3C(=O)C4CCCCC4C3=O)cc2)C(=O)C1C. The fourth-order valence-corrected chi connectivity index (χ4v) is 5.21. The molecule has 1 saturated carbocycles. The average molecular weight is 434 g/mol. The predicted molar refractivity (Wildman–Crippen MR) is 103 cm³/mol. The maximum Gasteiger partial charge on any atom is 0.318 e. The van der Waals surface area contributed by atoms with Gasteiger partial charge in [-0.2, -0.15) is 8.42 Å². The van der Waals surface area contributed by atoms with E-state index in [1.807, 2.05) is 0 Å². The van der Waals surface area contributed by atoms with Gasteiger partial charge in [-0.25, -0.2) is 0 Å². The Morgan fingerprint density at radius 3 is 1.73 bits per heavy atom. The molecule has 4 unspecified atom stereocenters. The van der Waals surface area contributed by atoms with Gasteiger partial charge in [0.05, 0.1) is 22.4 Å². The largest absolute Gasteiger partial charge is 0.318 e. The molecule has 0 N–H and O–H groups in total. The Morgan fingerprint density at radius 2 is 1.27 bits per heavy atom. The topological polar surface area (TPSA) is 118 Å². The minimum Gasteiger partial charge on any atom is -0.274 e. The number of hydrogen-bond donors (Lipinski definition) is 0. The Morgan fingerprint density at radius 1 is 0.800 bits per heavy atom. The molecule has 2 aliphatic heterocycles. The van der Waals surface area contributed by atoms with Crippen LogP contribution in [0, 0.1) is 23.7 Å². The zero-order chi connectivity index (χ0) is 21.8. The Labute approximate surface area is 174 Å². The third-order valence-electron chi connectivity index (χ3n) is 6.33. The van der Waals surface area contributed by atoms with Crippen molar-refractivity contribution in [3.63, 3.8) is 0 Å². The van der Waals surface area contributed by atoms with E-state index in [0.29, 0.717) is 17.9 Å². The van der Waals surface area contributed by atoms with Gasteiger partial charge in [0.2, 0.25) is 11.8 Å². The number of amides is 4. The second-order valence-electron chi connectivity index (χ2n) is 8.08. The van der Waals surface area contributed by atoms with Gasteiger partial charge in [-0.15, -0.1) is 9.35 Å². The Hall–Kier alpha value is -2.59. The molecule has 10 heteroatoms. The summed E-state index contributed by atoms with van der Waals surface area (Å²) < 4.78 is 30.2. The molecule has 9 nitrogen and oxygen atoms in total. The highest BCUT2D eigenvalue weighted by Gasteiger charge is 2.51. The van der Waals surface area contributed by atoms with Crippen LogP contribution in [0.1, 0.15) is 39.5 Å². The van der Waals surface area contributed by atoms with Crippen LogP contribution < -0.4 is 4.90 Å². The highest BCUT2D eigenvalue weighted by molar-refractivity contribution is 7.86. The number of anilines is 1. The van der Waals surface area contributed by atoms with Gasteiger partial charge in [0.15, 0.2) is 0 Å². The molecule has 30 heavy (non-hydrogen) atoms. The maximum atomic E-state index is 12.6. The molecular weight excluding hydrogens is 412 g/mol. The molecule has 4 rings (SSSR count). The van der Waals surface area contributed by atoms with Crippen LogP contribution in [-0.4, -0.2) is 37.1 Å². The summed E-state index contributed by atoms with van der Waals surface area (Å²) in [6, 6.07) is 5.00. The summed E-state index contributed by atoms with van der Waals surface area (Å²) in [7, 11) is -4.45. The molecule has 0 radical (unpaired) electrons. The van der Waals surface area contributed by atoms with Gasteiger partial charge < -0.3 is 0 Å². The third kappa shape index (κ3) is 3.14. The number of rotatable bonds is 4. The van der Waals surface area contributed by atoms with Crippen LogP contribution in [0.25, 0.3) is 0 Å². The lowest BCUT2D eigenvalue weighted by molar-refractivity contribution is -0.165. The highest BCUT2D eigenvalue weighted by Crippen LogP contribution is 2.39. The zero-order valence-corrected chi connectivity index (χ0v) is 17.4. The number of nitrogens with zero attached hydrogens (tertiary/aromatic N) is 2. The van der Waals surface area contributed by atoms with Crippen LogP contribution in [0.3, 0.4) is 0 Å². The van der Waals surface area contributed by atoms with E-state index in [0.717, 1.165) is 17.7 Å². The van der Waals surface area contributed by atoms with Gasteiger partial charge in [-0.3, -0.25) is 24.1 Å². The molecule has 4 atom stereocenters. The minimum atomic E-state index is -4.45. The zero-order valence-electron chi connectivity index (χ0n) is 16.6. The lowest BCUT2D eigenvalue weighted by Crippen LogP contribution is -2.34. The summed E-state index contributed by atoms with van der Waals surface area (Å²) in [5, 5.41) is 0.376. The molecule has 1 aromatic rings. The number of hydrogen-bond acceptors (Lipinski definition) is 7. The van der Waals surface area contributed by atoms with E-state index >= 15 is 0 Å². The molecule has 0 bridgehead atoms. The monoisotopic (exact) mass is 434 g/mol. The molecule has 0 spiro atoms. The van der Waals surface area contributed by atoms with Crippen molar-refractivity contribution in [2.24, 2.45) is 23.7 Å². The van der Waals surface area contributed by atoms with Crippen LogP contribution in [-0.2, 0) is 33.6 Å². The van der Waals surface area contributed by atoms with E-state index in [2.05, 4.69) is 0 Å².